The van der Waals surface area contributed by atoms with Gasteiger partial charge in [0.1, 0.15) is 5.78 Å². The highest BCUT2D eigenvalue weighted by molar-refractivity contribution is 7.80. The second kappa shape index (κ2) is 4.82. The van der Waals surface area contributed by atoms with Gasteiger partial charge in [0.05, 0.1) is 6.04 Å². The van der Waals surface area contributed by atoms with Crippen LogP contribution in [0.5, 0.6) is 0 Å². The van der Waals surface area contributed by atoms with Gasteiger partial charge in [-0.25, -0.2) is 0 Å². The van der Waals surface area contributed by atoms with Crippen LogP contribution >= 0.6 is 12.6 Å². The molecule has 1 N–H and O–H groups in total. The maximum Gasteiger partial charge on any atom is 0.146 e. The Morgan fingerprint density at radius 3 is 2.44 bits per heavy atom. The second-order valence-electron chi connectivity index (χ2n) is 1.96. The van der Waals surface area contributed by atoms with Gasteiger partial charge in [0, 0.05) is 0 Å². The van der Waals surface area contributed by atoms with E-state index in [-0.39, 0.29) is 11.8 Å². The number of ketones is 1. The zero-order valence-corrected chi connectivity index (χ0v) is 6.74. The fraction of sp³-hybridized carbons (Fsp3) is 0.833. The lowest BCUT2D eigenvalue weighted by Gasteiger charge is -2.09. The van der Waals surface area contributed by atoms with E-state index in [9.17, 15) is 4.79 Å². The molecule has 0 saturated heterocycles. The van der Waals surface area contributed by atoms with Gasteiger partial charge in [-0.1, -0.05) is 0 Å². The fourth-order valence-electron chi connectivity index (χ4n) is 0.680. The summed E-state index contributed by atoms with van der Waals surface area (Å²) in [7, 11) is 1.79. The van der Waals surface area contributed by atoms with Crippen LogP contribution in [0.4, 0.5) is 0 Å². The maximum absolute atomic E-state index is 10.7. The third-order valence-corrected chi connectivity index (χ3v) is 1.52. The highest BCUT2D eigenvalue weighted by Crippen LogP contribution is 1.93. The van der Waals surface area contributed by atoms with Crippen LogP contribution in [-0.2, 0) is 4.79 Å². The van der Waals surface area contributed by atoms with Crippen molar-refractivity contribution in [1.29, 1.82) is 0 Å². The predicted octanol–water partition coefficient (Wildman–Crippen LogP) is 0.483. The molecule has 0 aliphatic carbocycles. The van der Waals surface area contributed by atoms with Gasteiger partial charge in [-0.15, -0.1) is 0 Å². The van der Waals surface area contributed by atoms with E-state index in [1.165, 1.54) is 0 Å². The first-order valence-corrected chi connectivity index (χ1v) is 3.64. The normalized spacial score (nSPS) is 13.2. The first-order valence-electron chi connectivity index (χ1n) is 3.01. The predicted molar refractivity (Wildman–Crippen MR) is 42.0 cm³/mol. The van der Waals surface area contributed by atoms with Crippen LogP contribution in [0.2, 0.25) is 0 Å². The quantitative estimate of drug-likeness (QED) is 0.566. The molecule has 0 aromatic heterocycles. The second-order valence-corrected chi connectivity index (χ2v) is 2.41. The van der Waals surface area contributed by atoms with Gasteiger partial charge in [0.2, 0.25) is 0 Å². The molecule has 0 radical (unpaired) electrons. The minimum atomic E-state index is 0.00231. The van der Waals surface area contributed by atoms with Gasteiger partial charge < -0.3 is 5.32 Å². The Hall–Kier alpha value is -0.0200. The monoisotopic (exact) mass is 147 g/mol. The van der Waals surface area contributed by atoms with Crippen molar-refractivity contribution in [2.45, 2.75) is 19.4 Å². The summed E-state index contributed by atoms with van der Waals surface area (Å²) in [6.45, 7) is 1.59. The van der Waals surface area contributed by atoms with E-state index in [1.807, 2.05) is 0 Å². The minimum Gasteiger partial charge on any atom is -0.311 e. The third kappa shape index (κ3) is 3.54. The Bertz CT molecular complexity index is 95.1. The first kappa shape index (κ1) is 8.98. The van der Waals surface area contributed by atoms with E-state index in [1.54, 1.807) is 14.0 Å². The van der Waals surface area contributed by atoms with Gasteiger partial charge in [0.25, 0.3) is 0 Å². The number of thiol groups is 1. The Labute approximate surface area is 61.4 Å². The number of Topliss-reactive ketones (excluding diaryl/α,β-unsaturated/α-hetero) is 1. The Morgan fingerprint density at radius 2 is 2.33 bits per heavy atom. The van der Waals surface area contributed by atoms with Gasteiger partial charge in [-0.3, -0.25) is 4.79 Å². The summed E-state index contributed by atoms with van der Waals surface area (Å²) in [6, 6.07) is 0.00231. The lowest BCUT2D eigenvalue weighted by Crippen LogP contribution is -2.32. The zero-order valence-electron chi connectivity index (χ0n) is 5.85. The number of carbonyl (C=O) groups excluding carboxylic acids is 1. The molecule has 0 saturated carbocycles. The molecule has 0 rings (SSSR count). The lowest BCUT2D eigenvalue weighted by molar-refractivity contribution is -0.118. The summed E-state index contributed by atoms with van der Waals surface area (Å²) in [6.07, 6.45) is 0.814. The van der Waals surface area contributed by atoms with Crippen molar-refractivity contribution in [3.05, 3.63) is 0 Å². The molecule has 0 heterocycles. The molecule has 0 bridgehead atoms. The Kier molecular flexibility index (Phi) is 4.81. The van der Waals surface area contributed by atoms with Gasteiger partial charge in [0.15, 0.2) is 0 Å². The summed E-state index contributed by atoms with van der Waals surface area (Å²) in [5.74, 6) is 0.942. The van der Waals surface area contributed by atoms with E-state index < -0.39 is 0 Å². The van der Waals surface area contributed by atoms with Crippen molar-refractivity contribution < 1.29 is 4.79 Å². The number of rotatable bonds is 4. The van der Waals surface area contributed by atoms with Crippen molar-refractivity contribution >= 4 is 18.4 Å². The highest BCUT2D eigenvalue weighted by Gasteiger charge is 2.08. The molecule has 2 nitrogen and oxygen atoms in total. The van der Waals surface area contributed by atoms with Crippen molar-refractivity contribution in [2.75, 3.05) is 12.8 Å². The van der Waals surface area contributed by atoms with Crippen molar-refractivity contribution in [1.82, 2.24) is 5.32 Å². The number of carbonyl (C=O) groups is 1. The summed E-state index contributed by atoms with van der Waals surface area (Å²) >= 11 is 4.02. The lowest BCUT2D eigenvalue weighted by atomic mass is 10.1. The minimum absolute atomic E-state index is 0.00231. The van der Waals surface area contributed by atoms with Crippen LogP contribution in [0.15, 0.2) is 0 Å². The molecule has 0 aromatic rings. The largest absolute Gasteiger partial charge is 0.311 e. The van der Waals surface area contributed by atoms with Crippen molar-refractivity contribution in [3.63, 3.8) is 0 Å². The molecule has 0 aliphatic rings. The van der Waals surface area contributed by atoms with E-state index in [0.717, 1.165) is 12.2 Å². The Balaban J connectivity index is 3.54. The van der Waals surface area contributed by atoms with Crippen molar-refractivity contribution in [2.24, 2.45) is 0 Å². The van der Waals surface area contributed by atoms with Gasteiger partial charge in [-0.2, -0.15) is 12.6 Å². The van der Waals surface area contributed by atoms with Crippen LogP contribution in [0.1, 0.15) is 13.3 Å². The van der Waals surface area contributed by atoms with Crippen LogP contribution in [0.25, 0.3) is 0 Å². The fourth-order valence-corrected chi connectivity index (χ4v) is 0.938. The number of hydrogen-bond donors (Lipinski definition) is 2. The first-order chi connectivity index (χ1) is 4.22. The summed E-state index contributed by atoms with van der Waals surface area (Å²) in [5, 5.41) is 2.90. The van der Waals surface area contributed by atoms with Crippen LogP contribution in [0.3, 0.4) is 0 Å². The SMILES string of the molecule is CNC(CCS)C(C)=O. The molecule has 1 atom stereocenters. The molecule has 9 heavy (non-hydrogen) atoms. The maximum atomic E-state index is 10.7. The highest BCUT2D eigenvalue weighted by atomic mass is 32.1. The molecule has 0 aromatic carbocycles. The van der Waals surface area contributed by atoms with E-state index in [0.29, 0.717) is 0 Å². The number of hydrogen-bond acceptors (Lipinski definition) is 3. The van der Waals surface area contributed by atoms with Crippen LogP contribution < -0.4 is 5.32 Å². The van der Waals surface area contributed by atoms with Crippen molar-refractivity contribution in [3.8, 4) is 0 Å². The van der Waals surface area contributed by atoms with Crippen LogP contribution in [-0.4, -0.2) is 24.6 Å². The van der Waals surface area contributed by atoms with Gasteiger partial charge >= 0.3 is 0 Å². The molecule has 0 fully saturated rings. The smallest absolute Gasteiger partial charge is 0.146 e. The van der Waals surface area contributed by atoms with E-state index >= 15 is 0 Å². The molecule has 0 amide bonds. The summed E-state index contributed by atoms with van der Waals surface area (Å²) < 4.78 is 0. The molecular weight excluding hydrogens is 134 g/mol. The molecule has 54 valence electrons. The molecular formula is C6H13NOS. The third-order valence-electron chi connectivity index (χ3n) is 1.26. The number of nitrogens with one attached hydrogen (secondary N) is 1. The standard InChI is InChI=1S/C6H13NOS/c1-5(8)6(7-2)3-4-9/h6-7,9H,3-4H2,1-2H3. The molecule has 0 spiro atoms. The van der Waals surface area contributed by atoms with Crippen LogP contribution in [0, 0.1) is 0 Å². The van der Waals surface area contributed by atoms with E-state index in [4.69, 9.17) is 0 Å². The van der Waals surface area contributed by atoms with E-state index in [2.05, 4.69) is 17.9 Å². The zero-order chi connectivity index (χ0) is 7.28. The summed E-state index contributed by atoms with van der Waals surface area (Å²) in [5.41, 5.74) is 0. The Morgan fingerprint density at radius 1 is 1.78 bits per heavy atom. The topological polar surface area (TPSA) is 29.1 Å². The summed E-state index contributed by atoms with van der Waals surface area (Å²) in [4.78, 5) is 10.7. The molecule has 1 unspecified atom stereocenters. The average Bonchev–Trinajstić information content (AvgIpc) is 1.82. The van der Waals surface area contributed by atoms with Gasteiger partial charge in [-0.05, 0) is 26.1 Å². The number of likely N-dealkylation sites (N-methyl/N-ethyl adjacent to an activating group) is 1. The average molecular weight is 147 g/mol. The molecule has 3 heteroatoms. The molecule has 0 aliphatic heterocycles.